The van der Waals surface area contributed by atoms with Crippen LogP contribution in [-0.4, -0.2) is 112 Å². The van der Waals surface area contributed by atoms with Crippen molar-refractivity contribution in [2.45, 2.75) is 59.3 Å². The lowest BCUT2D eigenvalue weighted by Gasteiger charge is -2.31. The largest absolute Gasteiger partial charge is 0.379 e. The van der Waals surface area contributed by atoms with Crippen molar-refractivity contribution in [2.24, 2.45) is 0 Å². The SMILES string of the molecule is CCCN1CCCCC1.CCCN1CCN(C)CC1.CCCN1CCOCC1. The van der Waals surface area contributed by atoms with E-state index in [1.807, 2.05) is 0 Å². The van der Waals surface area contributed by atoms with Gasteiger partial charge < -0.3 is 19.4 Å². The van der Waals surface area contributed by atoms with E-state index in [9.17, 15) is 0 Å². The third-order valence-electron chi connectivity index (χ3n) is 5.77. The average molecular weight is 399 g/mol. The summed E-state index contributed by atoms with van der Waals surface area (Å²) in [7, 11) is 2.20. The van der Waals surface area contributed by atoms with E-state index >= 15 is 0 Å². The first-order valence-corrected chi connectivity index (χ1v) is 12.1. The lowest BCUT2D eigenvalue weighted by molar-refractivity contribution is 0.0380. The second-order valence-electron chi connectivity index (χ2n) is 8.50. The smallest absolute Gasteiger partial charge is 0.0594 e. The van der Waals surface area contributed by atoms with Crippen LogP contribution in [0.25, 0.3) is 0 Å². The molecule has 5 heteroatoms. The Kier molecular flexibility index (Phi) is 16.3. The molecule has 3 saturated heterocycles. The van der Waals surface area contributed by atoms with Crippen LogP contribution >= 0.6 is 0 Å². The minimum Gasteiger partial charge on any atom is -0.379 e. The molecule has 0 unspecified atom stereocenters. The molecule has 0 aromatic rings. The Labute approximate surface area is 176 Å². The van der Waals surface area contributed by atoms with E-state index < -0.39 is 0 Å². The van der Waals surface area contributed by atoms with Gasteiger partial charge in [-0.05, 0) is 71.9 Å². The summed E-state index contributed by atoms with van der Waals surface area (Å²) in [5, 5.41) is 0. The third-order valence-corrected chi connectivity index (χ3v) is 5.77. The fourth-order valence-corrected chi connectivity index (χ4v) is 4.03. The summed E-state index contributed by atoms with van der Waals surface area (Å²) in [5.41, 5.74) is 0. The van der Waals surface area contributed by atoms with Crippen LogP contribution in [0, 0.1) is 0 Å². The lowest BCUT2D eigenvalue weighted by atomic mass is 10.1. The molecule has 0 bridgehead atoms. The summed E-state index contributed by atoms with van der Waals surface area (Å²) < 4.78 is 5.20. The summed E-state index contributed by atoms with van der Waals surface area (Å²) in [5.74, 6) is 0. The summed E-state index contributed by atoms with van der Waals surface area (Å²) in [6, 6.07) is 0. The van der Waals surface area contributed by atoms with Gasteiger partial charge in [-0.15, -0.1) is 0 Å². The van der Waals surface area contributed by atoms with Crippen molar-refractivity contribution in [1.82, 2.24) is 19.6 Å². The molecule has 28 heavy (non-hydrogen) atoms. The fourth-order valence-electron chi connectivity index (χ4n) is 4.03. The van der Waals surface area contributed by atoms with Crippen LogP contribution in [0.1, 0.15) is 59.3 Å². The molecule has 5 nitrogen and oxygen atoms in total. The number of rotatable bonds is 6. The van der Waals surface area contributed by atoms with Crippen molar-refractivity contribution in [2.75, 3.05) is 92.3 Å². The van der Waals surface area contributed by atoms with Gasteiger partial charge in [0.15, 0.2) is 0 Å². The van der Waals surface area contributed by atoms with E-state index in [1.165, 1.54) is 97.4 Å². The molecule has 0 N–H and O–H groups in total. The number of nitrogens with zero attached hydrogens (tertiary/aromatic N) is 4. The molecule has 3 fully saturated rings. The highest BCUT2D eigenvalue weighted by atomic mass is 16.5. The van der Waals surface area contributed by atoms with Crippen molar-refractivity contribution in [3.05, 3.63) is 0 Å². The number of hydrogen-bond acceptors (Lipinski definition) is 5. The molecule has 0 spiro atoms. The summed E-state index contributed by atoms with van der Waals surface area (Å²) in [6.45, 7) is 22.4. The second kappa shape index (κ2) is 17.6. The first-order valence-electron chi connectivity index (χ1n) is 12.1. The molecule has 3 heterocycles. The predicted molar refractivity (Wildman–Crippen MR) is 122 cm³/mol. The van der Waals surface area contributed by atoms with Gasteiger partial charge in [0, 0.05) is 39.3 Å². The van der Waals surface area contributed by atoms with Crippen LogP contribution in [0.3, 0.4) is 0 Å². The van der Waals surface area contributed by atoms with Gasteiger partial charge in [0.25, 0.3) is 0 Å². The number of morpholine rings is 1. The molecule has 3 rings (SSSR count). The maximum absolute atomic E-state index is 5.20. The number of ether oxygens (including phenoxy) is 1. The maximum atomic E-state index is 5.20. The number of likely N-dealkylation sites (N-methyl/N-ethyl adjacent to an activating group) is 1. The van der Waals surface area contributed by atoms with Crippen LogP contribution < -0.4 is 0 Å². The van der Waals surface area contributed by atoms with Crippen molar-refractivity contribution in [3.63, 3.8) is 0 Å². The molecule has 0 aliphatic carbocycles. The molecule has 0 saturated carbocycles. The van der Waals surface area contributed by atoms with Crippen molar-refractivity contribution in [3.8, 4) is 0 Å². The molecule has 3 aliphatic heterocycles. The van der Waals surface area contributed by atoms with Crippen LogP contribution in [0.4, 0.5) is 0 Å². The van der Waals surface area contributed by atoms with Crippen molar-refractivity contribution in [1.29, 1.82) is 0 Å². The van der Waals surface area contributed by atoms with Crippen LogP contribution in [-0.2, 0) is 4.74 Å². The van der Waals surface area contributed by atoms with Crippen LogP contribution in [0.2, 0.25) is 0 Å². The zero-order valence-corrected chi connectivity index (χ0v) is 19.6. The zero-order chi connectivity index (χ0) is 20.5. The highest BCUT2D eigenvalue weighted by Gasteiger charge is 2.11. The minimum atomic E-state index is 0.931. The van der Waals surface area contributed by atoms with Gasteiger partial charge in [-0.2, -0.15) is 0 Å². The normalized spacial score (nSPS) is 22.7. The van der Waals surface area contributed by atoms with E-state index in [4.69, 9.17) is 4.74 Å². The summed E-state index contributed by atoms with van der Waals surface area (Å²) in [6.07, 6.45) is 8.20. The molecule has 0 atom stereocenters. The van der Waals surface area contributed by atoms with Gasteiger partial charge in [0.2, 0.25) is 0 Å². The fraction of sp³-hybridized carbons (Fsp3) is 1.00. The Morgan fingerprint density at radius 1 is 0.536 bits per heavy atom. The Morgan fingerprint density at radius 3 is 1.43 bits per heavy atom. The van der Waals surface area contributed by atoms with Gasteiger partial charge in [-0.3, -0.25) is 4.90 Å². The Hall–Kier alpha value is -0.200. The van der Waals surface area contributed by atoms with E-state index in [0.29, 0.717) is 0 Å². The van der Waals surface area contributed by atoms with E-state index in [0.717, 1.165) is 26.3 Å². The zero-order valence-electron chi connectivity index (χ0n) is 19.6. The van der Waals surface area contributed by atoms with Gasteiger partial charge in [0.05, 0.1) is 13.2 Å². The molecule has 0 radical (unpaired) electrons. The Morgan fingerprint density at radius 2 is 0.964 bits per heavy atom. The van der Waals surface area contributed by atoms with Crippen LogP contribution in [0.15, 0.2) is 0 Å². The minimum absolute atomic E-state index is 0.931. The molecule has 0 aromatic heterocycles. The molecule has 0 aromatic carbocycles. The van der Waals surface area contributed by atoms with Crippen molar-refractivity contribution < 1.29 is 4.74 Å². The predicted octanol–water partition coefficient (Wildman–Crippen LogP) is 3.25. The Balaban J connectivity index is 0.000000210. The van der Waals surface area contributed by atoms with E-state index in [2.05, 4.69) is 47.4 Å². The van der Waals surface area contributed by atoms with E-state index in [1.54, 1.807) is 0 Å². The second-order valence-corrected chi connectivity index (χ2v) is 8.50. The maximum Gasteiger partial charge on any atom is 0.0594 e. The highest BCUT2D eigenvalue weighted by molar-refractivity contribution is 4.68. The molecule has 0 amide bonds. The van der Waals surface area contributed by atoms with Crippen molar-refractivity contribution >= 4 is 0 Å². The van der Waals surface area contributed by atoms with Gasteiger partial charge in [-0.25, -0.2) is 0 Å². The Bertz CT molecular complexity index is 297. The average Bonchev–Trinajstić information content (AvgIpc) is 2.73. The van der Waals surface area contributed by atoms with Crippen LogP contribution in [0.5, 0.6) is 0 Å². The van der Waals surface area contributed by atoms with Gasteiger partial charge in [0.1, 0.15) is 0 Å². The number of hydrogen-bond donors (Lipinski definition) is 0. The number of likely N-dealkylation sites (tertiary alicyclic amines) is 1. The van der Waals surface area contributed by atoms with E-state index in [-0.39, 0.29) is 0 Å². The first-order chi connectivity index (χ1) is 13.7. The summed E-state index contributed by atoms with van der Waals surface area (Å²) >= 11 is 0. The topological polar surface area (TPSA) is 22.2 Å². The number of piperazine rings is 1. The number of piperidine rings is 1. The quantitative estimate of drug-likeness (QED) is 0.683. The lowest BCUT2D eigenvalue weighted by Crippen LogP contribution is -2.44. The molecule has 3 aliphatic rings. The standard InChI is InChI=1S/C8H18N2.C8H17N.C7H15NO/c1-3-4-10-7-5-9(2)6-8-10;1-2-6-9-7-4-3-5-8-9;1-2-3-8-4-6-9-7-5-8/h3-8H2,1-2H3;2-8H2,1H3;2-7H2,1H3. The van der Waals surface area contributed by atoms with Gasteiger partial charge in [-0.1, -0.05) is 27.2 Å². The summed E-state index contributed by atoms with van der Waals surface area (Å²) in [4.78, 5) is 9.96. The molecular formula is C23H50N4O. The van der Waals surface area contributed by atoms with Gasteiger partial charge >= 0.3 is 0 Å². The highest BCUT2D eigenvalue weighted by Crippen LogP contribution is 2.08. The third kappa shape index (κ3) is 13.1. The molecular weight excluding hydrogens is 348 g/mol. The monoisotopic (exact) mass is 398 g/mol. The molecule has 168 valence electrons. The first kappa shape index (κ1) is 25.8.